The quantitative estimate of drug-likeness (QED) is 0.859. The van der Waals surface area contributed by atoms with Crippen molar-refractivity contribution in [3.05, 3.63) is 10.7 Å². The minimum absolute atomic E-state index is 0.240. The van der Waals surface area contributed by atoms with Crippen LogP contribution < -0.4 is 0 Å². The van der Waals surface area contributed by atoms with E-state index in [4.69, 9.17) is 11.6 Å². The first-order chi connectivity index (χ1) is 8.04. The predicted octanol–water partition coefficient (Wildman–Crippen LogP) is 2.31. The number of aromatic nitrogens is 1. The van der Waals surface area contributed by atoms with Gasteiger partial charge in [0.05, 0.1) is 6.20 Å². The number of nitrogens with zero attached hydrogens (tertiary/aromatic N) is 2. The van der Waals surface area contributed by atoms with Crippen LogP contribution in [-0.2, 0) is 10.0 Å². The van der Waals surface area contributed by atoms with Gasteiger partial charge in [-0.3, -0.25) is 0 Å². The molecule has 1 aliphatic rings. The molecule has 0 spiro atoms. The summed E-state index contributed by atoms with van der Waals surface area (Å²) in [5.41, 5.74) is 0. The molecule has 96 valence electrons. The van der Waals surface area contributed by atoms with E-state index in [1.54, 1.807) is 4.31 Å². The van der Waals surface area contributed by atoms with E-state index in [0.29, 0.717) is 18.3 Å². The zero-order valence-electron chi connectivity index (χ0n) is 9.30. The molecule has 1 aromatic heterocycles. The fourth-order valence-corrected chi connectivity index (χ4v) is 5.97. The van der Waals surface area contributed by atoms with Crippen molar-refractivity contribution >= 4 is 44.7 Å². The molecule has 0 aliphatic carbocycles. The summed E-state index contributed by atoms with van der Waals surface area (Å²) in [6, 6.07) is 0. The number of halogens is 1. The third kappa shape index (κ3) is 2.96. The van der Waals surface area contributed by atoms with E-state index in [2.05, 4.69) is 11.9 Å². The van der Waals surface area contributed by atoms with Crippen LogP contribution in [0.2, 0.25) is 4.47 Å². The number of hydrogen-bond acceptors (Lipinski definition) is 5. The molecule has 0 bridgehead atoms. The molecule has 0 aromatic carbocycles. The Morgan fingerprint density at radius 2 is 2.41 bits per heavy atom. The molecule has 1 fully saturated rings. The van der Waals surface area contributed by atoms with Crippen molar-refractivity contribution in [2.45, 2.75) is 22.8 Å². The van der Waals surface area contributed by atoms with Crippen LogP contribution in [0, 0.1) is 0 Å². The molecule has 1 saturated heterocycles. The van der Waals surface area contributed by atoms with E-state index in [-0.39, 0.29) is 8.68 Å². The minimum Gasteiger partial charge on any atom is -0.232 e. The Balaban J connectivity index is 2.21. The summed E-state index contributed by atoms with van der Waals surface area (Å²) in [6.45, 7) is 3.23. The summed E-state index contributed by atoms with van der Waals surface area (Å²) >= 11 is 8.54. The first kappa shape index (κ1) is 13.6. The van der Waals surface area contributed by atoms with Crippen molar-refractivity contribution in [1.82, 2.24) is 9.29 Å². The number of sulfonamides is 1. The summed E-state index contributed by atoms with van der Waals surface area (Å²) in [4.78, 5) is 3.79. The lowest BCUT2D eigenvalue weighted by Crippen LogP contribution is -2.41. The zero-order chi connectivity index (χ0) is 12.5. The van der Waals surface area contributed by atoms with E-state index in [1.165, 1.54) is 6.20 Å². The lowest BCUT2D eigenvalue weighted by Gasteiger charge is -2.30. The summed E-state index contributed by atoms with van der Waals surface area (Å²) in [6.07, 6.45) is 2.32. The Labute approximate surface area is 114 Å². The van der Waals surface area contributed by atoms with Gasteiger partial charge in [-0.2, -0.15) is 16.1 Å². The lowest BCUT2D eigenvalue weighted by atomic mass is 10.3. The van der Waals surface area contributed by atoms with Crippen LogP contribution >= 0.6 is 34.7 Å². The summed E-state index contributed by atoms with van der Waals surface area (Å²) in [5.74, 6) is 0.851. The zero-order valence-corrected chi connectivity index (χ0v) is 12.5. The molecular formula is C9H13ClN2O2S3. The topological polar surface area (TPSA) is 50.3 Å². The van der Waals surface area contributed by atoms with Crippen LogP contribution in [-0.4, -0.2) is 41.8 Å². The van der Waals surface area contributed by atoms with Gasteiger partial charge < -0.3 is 0 Å². The molecule has 1 aromatic rings. The summed E-state index contributed by atoms with van der Waals surface area (Å²) in [5, 5.41) is 0.391. The molecule has 8 heteroatoms. The molecule has 4 nitrogen and oxygen atoms in total. The lowest BCUT2D eigenvalue weighted by molar-refractivity contribution is 0.417. The van der Waals surface area contributed by atoms with Crippen LogP contribution in [0.4, 0.5) is 0 Å². The molecule has 2 rings (SSSR count). The van der Waals surface area contributed by atoms with Gasteiger partial charge in [0, 0.05) is 24.1 Å². The first-order valence-electron chi connectivity index (χ1n) is 5.27. The first-order valence-corrected chi connectivity index (χ1v) is 8.95. The molecular weight excluding hydrogens is 300 g/mol. The fraction of sp³-hybridized carbons (Fsp3) is 0.667. The Bertz CT molecular complexity index is 488. The monoisotopic (exact) mass is 312 g/mol. The van der Waals surface area contributed by atoms with Crippen LogP contribution in [0.3, 0.4) is 0 Å². The number of hydrogen-bond donors (Lipinski definition) is 0. The van der Waals surface area contributed by atoms with Gasteiger partial charge in [-0.05, 0) is 6.42 Å². The largest absolute Gasteiger partial charge is 0.254 e. The molecule has 17 heavy (non-hydrogen) atoms. The second-order valence-corrected chi connectivity index (χ2v) is 8.88. The highest BCUT2D eigenvalue weighted by atomic mass is 35.5. The Hall–Kier alpha value is 0.180. The highest BCUT2D eigenvalue weighted by Gasteiger charge is 2.31. The van der Waals surface area contributed by atoms with Gasteiger partial charge in [0.1, 0.15) is 0 Å². The minimum atomic E-state index is -3.39. The molecule has 0 N–H and O–H groups in total. The molecule has 0 amide bonds. The molecule has 1 unspecified atom stereocenters. The van der Waals surface area contributed by atoms with E-state index in [1.807, 2.05) is 11.8 Å². The van der Waals surface area contributed by atoms with E-state index < -0.39 is 10.0 Å². The summed E-state index contributed by atoms with van der Waals surface area (Å²) in [7, 11) is -3.39. The van der Waals surface area contributed by atoms with Gasteiger partial charge in [-0.15, -0.1) is 0 Å². The van der Waals surface area contributed by atoms with E-state index in [9.17, 15) is 8.42 Å². The van der Waals surface area contributed by atoms with Crippen molar-refractivity contribution < 1.29 is 8.42 Å². The van der Waals surface area contributed by atoms with Gasteiger partial charge in [-0.25, -0.2) is 13.4 Å². The number of thiazole rings is 1. The number of thioether (sulfide) groups is 1. The molecule has 1 aliphatic heterocycles. The average Bonchev–Trinajstić information content (AvgIpc) is 2.76. The van der Waals surface area contributed by atoms with Gasteiger partial charge in [0.25, 0.3) is 10.0 Å². The Morgan fingerprint density at radius 3 is 3.00 bits per heavy atom. The normalized spacial score (nSPS) is 22.8. The van der Waals surface area contributed by atoms with Crippen LogP contribution in [0.1, 0.15) is 13.3 Å². The molecule has 2 heterocycles. The smallest absolute Gasteiger partial charge is 0.232 e. The van der Waals surface area contributed by atoms with Crippen molar-refractivity contribution in [2.24, 2.45) is 0 Å². The Kier molecular flexibility index (Phi) is 4.35. The van der Waals surface area contributed by atoms with Gasteiger partial charge >= 0.3 is 0 Å². The van der Waals surface area contributed by atoms with Crippen molar-refractivity contribution in [3.63, 3.8) is 0 Å². The maximum atomic E-state index is 12.3. The number of rotatable bonds is 3. The van der Waals surface area contributed by atoms with Crippen molar-refractivity contribution in [1.29, 1.82) is 0 Å². The van der Waals surface area contributed by atoms with Gasteiger partial charge in [0.2, 0.25) is 0 Å². The second-order valence-electron chi connectivity index (χ2n) is 3.70. The Morgan fingerprint density at radius 1 is 1.65 bits per heavy atom. The third-order valence-corrected chi connectivity index (χ3v) is 7.40. The SMILES string of the molecule is CCC1CN(S(=O)(=O)c2cnc(Cl)s2)CCS1. The average molecular weight is 313 g/mol. The molecule has 1 atom stereocenters. The van der Waals surface area contributed by atoms with Gasteiger partial charge in [0.15, 0.2) is 8.68 Å². The highest BCUT2D eigenvalue weighted by molar-refractivity contribution is 8.00. The van der Waals surface area contributed by atoms with Gasteiger partial charge in [-0.1, -0.05) is 29.9 Å². The van der Waals surface area contributed by atoms with Crippen LogP contribution in [0.15, 0.2) is 10.4 Å². The van der Waals surface area contributed by atoms with Crippen molar-refractivity contribution in [2.75, 3.05) is 18.8 Å². The third-order valence-electron chi connectivity index (χ3n) is 2.61. The second kappa shape index (κ2) is 5.44. The maximum absolute atomic E-state index is 12.3. The standard InChI is InChI=1S/C9H13ClN2O2S3/c1-2-7-6-12(3-4-15-7)17(13,14)8-5-11-9(10)16-8/h5,7H,2-4,6H2,1H3. The van der Waals surface area contributed by atoms with Crippen LogP contribution in [0.25, 0.3) is 0 Å². The highest BCUT2D eigenvalue weighted by Crippen LogP contribution is 2.29. The van der Waals surface area contributed by atoms with Crippen molar-refractivity contribution in [3.8, 4) is 0 Å². The molecule has 0 saturated carbocycles. The summed E-state index contributed by atoms with van der Waals surface area (Å²) < 4.78 is 26.6. The fourth-order valence-electron chi connectivity index (χ4n) is 1.64. The van der Waals surface area contributed by atoms with Crippen LogP contribution in [0.5, 0.6) is 0 Å². The predicted molar refractivity (Wildman–Crippen MR) is 72.4 cm³/mol. The van der Waals surface area contributed by atoms with E-state index >= 15 is 0 Å². The maximum Gasteiger partial charge on any atom is 0.254 e. The molecule has 0 radical (unpaired) electrons. The van der Waals surface area contributed by atoms with E-state index in [0.717, 1.165) is 23.5 Å².